The van der Waals surface area contributed by atoms with Crippen molar-refractivity contribution < 1.29 is 0 Å². The topological polar surface area (TPSA) is 6.48 Å². The fraction of sp³-hybridized carbons (Fsp3) is 0.290. The van der Waals surface area contributed by atoms with Crippen molar-refractivity contribution in [1.29, 1.82) is 0 Å². The number of allylic oxidation sites excluding steroid dienone is 5. The lowest BCUT2D eigenvalue weighted by Gasteiger charge is -2.30. The van der Waals surface area contributed by atoms with Crippen molar-refractivity contribution in [2.45, 2.75) is 44.6 Å². The maximum Gasteiger partial charge on any atom is 0.0565 e. The third-order valence-corrected chi connectivity index (χ3v) is 7.80. The maximum absolute atomic E-state index is 2.43. The van der Waals surface area contributed by atoms with Crippen LogP contribution in [0.1, 0.15) is 38.8 Å². The molecule has 5 rings (SSSR count). The monoisotopic (exact) mass is 434 g/mol. The van der Waals surface area contributed by atoms with Crippen molar-refractivity contribution >= 4 is 22.1 Å². The Morgan fingerprint density at radius 1 is 0.758 bits per heavy atom. The average Bonchev–Trinajstić information content (AvgIpc) is 3.12. The minimum Gasteiger partial charge on any atom is -0.367 e. The molecular weight excluding hydrogens is 400 g/mol. The first kappa shape index (κ1) is 21.6. The largest absolute Gasteiger partial charge is 0.367 e. The summed E-state index contributed by atoms with van der Waals surface area (Å²) in [5.74, 6) is 0. The number of anilines is 2. The van der Waals surface area contributed by atoms with Gasteiger partial charge in [0.15, 0.2) is 0 Å². The first-order chi connectivity index (χ1) is 15.7. The van der Waals surface area contributed by atoms with Gasteiger partial charge >= 0.3 is 0 Å². The minimum atomic E-state index is 0.00968. The number of fused-ring (bicyclic) bond motifs is 4. The Kier molecular flexibility index (Phi) is 5.01. The first-order valence-corrected chi connectivity index (χ1v) is 11.9. The lowest BCUT2D eigenvalue weighted by Crippen LogP contribution is -2.37. The lowest BCUT2D eigenvalue weighted by molar-refractivity contribution is 0.491. The number of hydrogen-bond donors (Lipinski definition) is 0. The van der Waals surface area contributed by atoms with E-state index in [4.69, 9.17) is 0 Å². The molecule has 0 fully saturated rings. The van der Waals surface area contributed by atoms with Crippen LogP contribution in [0.4, 0.5) is 11.4 Å². The summed E-state index contributed by atoms with van der Waals surface area (Å²) < 4.78 is 0. The van der Waals surface area contributed by atoms with E-state index in [0.29, 0.717) is 6.04 Å². The van der Waals surface area contributed by atoms with E-state index in [2.05, 4.69) is 143 Å². The Balaban J connectivity index is 1.40. The average molecular weight is 435 g/mol. The van der Waals surface area contributed by atoms with Gasteiger partial charge in [0.2, 0.25) is 0 Å². The van der Waals surface area contributed by atoms with Crippen molar-refractivity contribution in [3.05, 3.63) is 108 Å². The van der Waals surface area contributed by atoms with E-state index in [1.807, 2.05) is 0 Å². The second-order valence-electron chi connectivity index (χ2n) is 10.5. The van der Waals surface area contributed by atoms with Crippen LogP contribution in [0.25, 0.3) is 10.8 Å². The van der Waals surface area contributed by atoms with Gasteiger partial charge in [0.1, 0.15) is 0 Å². The summed E-state index contributed by atoms with van der Waals surface area (Å²) in [4.78, 5) is 4.74. The molecule has 0 bridgehead atoms. The molecule has 0 saturated heterocycles. The highest BCUT2D eigenvalue weighted by Crippen LogP contribution is 2.48. The molecule has 3 aromatic carbocycles. The molecule has 3 aromatic rings. The zero-order valence-corrected chi connectivity index (χ0v) is 20.6. The van der Waals surface area contributed by atoms with E-state index in [1.54, 1.807) is 0 Å². The lowest BCUT2D eigenvalue weighted by atomic mass is 9.78. The minimum absolute atomic E-state index is 0.00968. The molecule has 2 heterocycles. The van der Waals surface area contributed by atoms with Crippen molar-refractivity contribution in [3.8, 4) is 0 Å². The molecule has 0 amide bonds. The molecule has 168 valence electrons. The fourth-order valence-corrected chi connectivity index (χ4v) is 6.06. The van der Waals surface area contributed by atoms with Crippen LogP contribution < -0.4 is 9.80 Å². The summed E-state index contributed by atoms with van der Waals surface area (Å²) in [5.41, 5.74) is 6.85. The predicted octanol–water partition coefficient (Wildman–Crippen LogP) is 7.36. The van der Waals surface area contributed by atoms with Crippen molar-refractivity contribution in [2.75, 3.05) is 23.9 Å². The Hall–Kier alpha value is -3.26. The molecule has 0 aromatic heterocycles. The van der Waals surface area contributed by atoms with Gasteiger partial charge in [-0.3, -0.25) is 0 Å². The Morgan fingerprint density at radius 2 is 1.48 bits per heavy atom. The number of benzene rings is 3. The van der Waals surface area contributed by atoms with Crippen LogP contribution in [-0.4, -0.2) is 20.1 Å². The Bertz CT molecular complexity index is 1310. The van der Waals surface area contributed by atoms with Gasteiger partial charge in [0, 0.05) is 42.0 Å². The summed E-state index contributed by atoms with van der Waals surface area (Å²) in [6.45, 7) is 9.36. The van der Waals surface area contributed by atoms with E-state index in [9.17, 15) is 0 Å². The second kappa shape index (κ2) is 7.66. The van der Waals surface area contributed by atoms with Crippen molar-refractivity contribution in [1.82, 2.24) is 0 Å². The van der Waals surface area contributed by atoms with Gasteiger partial charge in [0.25, 0.3) is 0 Å². The molecule has 1 atom stereocenters. The zero-order chi connectivity index (χ0) is 23.4. The molecular formula is C31H34N2. The second-order valence-corrected chi connectivity index (χ2v) is 10.5. The highest BCUT2D eigenvalue weighted by atomic mass is 15.2. The molecule has 2 aliphatic heterocycles. The summed E-state index contributed by atoms with van der Waals surface area (Å²) in [7, 11) is 4.39. The van der Waals surface area contributed by atoms with Gasteiger partial charge in [-0.05, 0) is 40.1 Å². The Labute approximate surface area is 198 Å². The number of nitrogens with zero attached hydrogens (tertiary/aromatic N) is 2. The third kappa shape index (κ3) is 3.23. The van der Waals surface area contributed by atoms with Crippen LogP contribution in [-0.2, 0) is 10.8 Å². The summed E-state index contributed by atoms with van der Waals surface area (Å²) >= 11 is 0. The molecule has 0 spiro atoms. The number of rotatable bonds is 3. The van der Waals surface area contributed by atoms with Gasteiger partial charge in [-0.25, -0.2) is 0 Å². The number of likely N-dealkylation sites (N-methyl/N-ethyl adjacent to an activating group) is 2. The molecule has 2 nitrogen and oxygen atoms in total. The van der Waals surface area contributed by atoms with Gasteiger partial charge in [0.05, 0.1) is 6.04 Å². The molecule has 0 saturated carbocycles. The molecule has 33 heavy (non-hydrogen) atoms. The van der Waals surface area contributed by atoms with Gasteiger partial charge in [-0.2, -0.15) is 0 Å². The van der Waals surface area contributed by atoms with E-state index >= 15 is 0 Å². The highest BCUT2D eigenvalue weighted by Gasteiger charge is 2.42. The number of hydrogen-bond acceptors (Lipinski definition) is 2. The summed E-state index contributed by atoms with van der Waals surface area (Å²) in [6.07, 6.45) is 11.2. The normalized spacial score (nSPS) is 22.1. The Morgan fingerprint density at radius 3 is 2.27 bits per heavy atom. The smallest absolute Gasteiger partial charge is 0.0565 e. The summed E-state index contributed by atoms with van der Waals surface area (Å²) in [5, 5.41) is 2.69. The maximum atomic E-state index is 2.43. The van der Waals surface area contributed by atoms with E-state index in [0.717, 1.165) is 0 Å². The SMILES string of the molecule is CN1/C(=C/C=C/C=C/C2N(C)c3ccc4ccccc4c3C2(C)C)C(C)(C)c2ccccc21. The van der Waals surface area contributed by atoms with Crippen LogP contribution in [0.3, 0.4) is 0 Å². The standard InChI is InChI=1S/C31H34N2/c1-30(2)24-16-12-13-17-25(24)32(5)27(30)18-8-7-9-19-28-31(3,4)29-23-15-11-10-14-22(23)20-21-26(29)33(28)6/h7-21,28H,1-6H3/b8-7+,19-9+,27-18+. The van der Waals surface area contributed by atoms with E-state index in [1.165, 1.54) is 39.0 Å². The van der Waals surface area contributed by atoms with Crippen LogP contribution in [0, 0.1) is 0 Å². The molecule has 2 aliphatic rings. The van der Waals surface area contributed by atoms with Crippen LogP contribution in [0.5, 0.6) is 0 Å². The van der Waals surface area contributed by atoms with Crippen LogP contribution >= 0.6 is 0 Å². The molecule has 0 N–H and O–H groups in total. The molecule has 2 heteroatoms. The first-order valence-electron chi connectivity index (χ1n) is 11.9. The van der Waals surface area contributed by atoms with Crippen LogP contribution in [0.2, 0.25) is 0 Å². The highest BCUT2D eigenvalue weighted by molar-refractivity contribution is 5.93. The predicted molar refractivity (Wildman–Crippen MR) is 143 cm³/mol. The van der Waals surface area contributed by atoms with Crippen molar-refractivity contribution in [3.63, 3.8) is 0 Å². The molecule has 0 aliphatic carbocycles. The van der Waals surface area contributed by atoms with Gasteiger partial charge in [-0.1, -0.05) is 101 Å². The fourth-order valence-electron chi connectivity index (χ4n) is 6.06. The zero-order valence-electron chi connectivity index (χ0n) is 20.6. The van der Waals surface area contributed by atoms with Gasteiger partial charge in [-0.15, -0.1) is 0 Å². The molecule has 0 radical (unpaired) electrons. The molecule has 1 unspecified atom stereocenters. The van der Waals surface area contributed by atoms with Gasteiger partial charge < -0.3 is 9.80 Å². The van der Waals surface area contributed by atoms with Crippen molar-refractivity contribution in [2.24, 2.45) is 0 Å². The van der Waals surface area contributed by atoms with E-state index < -0.39 is 0 Å². The quantitative estimate of drug-likeness (QED) is 0.397. The third-order valence-electron chi connectivity index (χ3n) is 7.80. The van der Waals surface area contributed by atoms with E-state index in [-0.39, 0.29) is 10.8 Å². The van der Waals surface area contributed by atoms with Crippen LogP contribution in [0.15, 0.2) is 96.7 Å². The summed E-state index contributed by atoms with van der Waals surface area (Å²) in [6, 6.07) is 22.3. The number of para-hydroxylation sites is 1.